The van der Waals surface area contributed by atoms with Gasteiger partial charge in [-0.05, 0) is 90.7 Å². The number of benzene rings is 2. The molecule has 2 atom stereocenters. The molecule has 1 saturated heterocycles. The van der Waals surface area contributed by atoms with E-state index < -0.39 is 12.1 Å². The molecule has 0 radical (unpaired) electrons. The second kappa shape index (κ2) is 8.77. The molecule has 1 fully saturated rings. The summed E-state index contributed by atoms with van der Waals surface area (Å²) in [5.41, 5.74) is 4.49. The maximum atomic E-state index is 13.4. The van der Waals surface area contributed by atoms with Crippen LogP contribution in [0.2, 0.25) is 0 Å². The molecule has 0 unspecified atom stereocenters. The van der Waals surface area contributed by atoms with Gasteiger partial charge < -0.3 is 20.7 Å². The Morgan fingerprint density at radius 3 is 2.23 bits per heavy atom. The zero-order valence-electron chi connectivity index (χ0n) is 16.3. The number of carbonyl (C=O) groups excluding carboxylic acids is 1. The highest BCUT2D eigenvalue weighted by molar-refractivity contribution is 5.84. The van der Waals surface area contributed by atoms with Gasteiger partial charge in [0.1, 0.15) is 17.7 Å². The summed E-state index contributed by atoms with van der Waals surface area (Å²) in [6.07, 6.45) is 0.734. The average molecular weight is 411 g/mol. The van der Waals surface area contributed by atoms with Gasteiger partial charge in [0.25, 0.3) is 0 Å². The quantitative estimate of drug-likeness (QED) is 0.452. The van der Waals surface area contributed by atoms with Crippen molar-refractivity contribution >= 4 is 5.91 Å². The first-order chi connectivity index (χ1) is 14.5. The predicted molar refractivity (Wildman–Crippen MR) is 111 cm³/mol. The molecule has 7 heteroatoms. The third kappa shape index (κ3) is 4.42. The number of hydrogen-bond donors (Lipinski definition) is 4. The van der Waals surface area contributed by atoms with Gasteiger partial charge in [-0.2, -0.15) is 0 Å². The van der Waals surface area contributed by atoms with E-state index in [1.165, 1.54) is 24.3 Å². The lowest BCUT2D eigenvalue weighted by atomic mass is 10.0. The minimum Gasteiger partial charge on any atom is -0.389 e. The highest BCUT2D eigenvalue weighted by atomic mass is 19.1. The Balaban J connectivity index is 1.52. The van der Waals surface area contributed by atoms with Crippen LogP contribution in [-0.2, 0) is 11.2 Å². The van der Waals surface area contributed by atoms with Gasteiger partial charge >= 0.3 is 0 Å². The molecule has 3 aromatic rings. The van der Waals surface area contributed by atoms with E-state index in [0.29, 0.717) is 13.0 Å². The summed E-state index contributed by atoms with van der Waals surface area (Å²) < 4.78 is 26.6. The van der Waals surface area contributed by atoms with Crippen molar-refractivity contribution in [1.29, 1.82) is 0 Å². The molecule has 0 saturated carbocycles. The first-order valence-corrected chi connectivity index (χ1v) is 9.94. The topological polar surface area (TPSA) is 77.2 Å². The Morgan fingerprint density at radius 2 is 1.63 bits per heavy atom. The molecule has 1 aromatic heterocycles. The van der Waals surface area contributed by atoms with E-state index in [9.17, 15) is 18.7 Å². The summed E-state index contributed by atoms with van der Waals surface area (Å²) in [6.45, 7) is 0.832. The van der Waals surface area contributed by atoms with Crippen molar-refractivity contribution in [2.75, 3.05) is 13.1 Å². The molecule has 1 aliphatic rings. The number of nitrogens with one attached hydrogen (secondary N) is 3. The first-order valence-electron chi connectivity index (χ1n) is 9.94. The normalized spacial score (nSPS) is 18.6. The fourth-order valence-corrected chi connectivity index (χ4v) is 3.73. The van der Waals surface area contributed by atoms with Crippen LogP contribution >= 0.6 is 0 Å². The fourth-order valence-electron chi connectivity index (χ4n) is 3.73. The van der Waals surface area contributed by atoms with Crippen molar-refractivity contribution < 1.29 is 18.7 Å². The number of aliphatic hydroxyl groups is 1. The first kappa shape index (κ1) is 20.3. The lowest BCUT2D eigenvalue weighted by Crippen LogP contribution is -2.42. The molecule has 4 rings (SSSR count). The second-order valence-corrected chi connectivity index (χ2v) is 7.44. The molecule has 30 heavy (non-hydrogen) atoms. The maximum Gasteiger partial charge on any atom is 0.239 e. The highest BCUT2D eigenvalue weighted by Gasteiger charge is 2.32. The molecular weight excluding hydrogens is 388 g/mol. The van der Waals surface area contributed by atoms with Crippen molar-refractivity contribution in [2.24, 2.45) is 0 Å². The van der Waals surface area contributed by atoms with Crippen molar-refractivity contribution in [3.63, 3.8) is 0 Å². The Hall–Kier alpha value is -3.03. The lowest BCUT2D eigenvalue weighted by molar-refractivity contribution is -0.121. The Bertz CT molecular complexity index is 1020. The minimum absolute atomic E-state index is 0.185. The molecule has 1 aliphatic heterocycles. The largest absolute Gasteiger partial charge is 0.389 e. The van der Waals surface area contributed by atoms with Crippen LogP contribution in [0, 0.1) is 11.6 Å². The SMILES string of the molecule is O=C1NC[C@H](O)[C@H]1NCCCc1cc(-c2ccc(F)cc2)[nH]c1-c1ccc(F)cc1. The average Bonchev–Trinajstić information content (AvgIpc) is 3.30. The van der Waals surface area contributed by atoms with Crippen LogP contribution in [0.25, 0.3) is 22.5 Å². The van der Waals surface area contributed by atoms with E-state index in [0.717, 1.165) is 34.5 Å². The number of aryl methyl sites for hydroxylation is 1. The second-order valence-electron chi connectivity index (χ2n) is 7.44. The number of amides is 1. The van der Waals surface area contributed by atoms with Crippen LogP contribution in [0.15, 0.2) is 54.6 Å². The molecule has 0 spiro atoms. The van der Waals surface area contributed by atoms with Gasteiger partial charge in [-0.3, -0.25) is 4.79 Å². The van der Waals surface area contributed by atoms with Crippen molar-refractivity contribution in [3.8, 4) is 22.5 Å². The van der Waals surface area contributed by atoms with Crippen LogP contribution in [-0.4, -0.2) is 41.2 Å². The summed E-state index contributed by atoms with van der Waals surface area (Å²) in [4.78, 5) is 15.1. The lowest BCUT2D eigenvalue weighted by Gasteiger charge is -2.13. The summed E-state index contributed by atoms with van der Waals surface area (Å²) in [7, 11) is 0. The predicted octanol–water partition coefficient (Wildman–Crippen LogP) is 3.01. The summed E-state index contributed by atoms with van der Waals surface area (Å²) in [5, 5.41) is 15.6. The Labute approximate surface area is 173 Å². The number of aromatic amines is 1. The van der Waals surface area contributed by atoms with E-state index >= 15 is 0 Å². The summed E-state index contributed by atoms with van der Waals surface area (Å²) in [6, 6.07) is 13.9. The maximum absolute atomic E-state index is 13.4. The summed E-state index contributed by atoms with van der Waals surface area (Å²) >= 11 is 0. The van der Waals surface area contributed by atoms with Crippen molar-refractivity contribution in [3.05, 3.63) is 71.8 Å². The van der Waals surface area contributed by atoms with Gasteiger partial charge in [-0.15, -0.1) is 0 Å². The van der Waals surface area contributed by atoms with E-state index in [1.54, 1.807) is 24.3 Å². The number of H-pyrrole nitrogens is 1. The summed E-state index contributed by atoms with van der Waals surface area (Å²) in [5.74, 6) is -0.786. The van der Waals surface area contributed by atoms with Crippen LogP contribution < -0.4 is 10.6 Å². The zero-order chi connectivity index (χ0) is 21.1. The van der Waals surface area contributed by atoms with Crippen LogP contribution in [0.4, 0.5) is 8.78 Å². The van der Waals surface area contributed by atoms with Gasteiger partial charge in [0.05, 0.1) is 6.10 Å². The number of rotatable bonds is 7. The molecule has 5 nitrogen and oxygen atoms in total. The van der Waals surface area contributed by atoms with Crippen LogP contribution in [0.3, 0.4) is 0 Å². The number of carbonyl (C=O) groups is 1. The van der Waals surface area contributed by atoms with Crippen LogP contribution in [0.1, 0.15) is 12.0 Å². The number of hydrogen-bond acceptors (Lipinski definition) is 3. The van der Waals surface area contributed by atoms with Gasteiger partial charge in [-0.25, -0.2) is 8.78 Å². The number of halogens is 2. The van der Waals surface area contributed by atoms with Crippen molar-refractivity contribution in [2.45, 2.75) is 25.0 Å². The number of β-amino-alcohol motifs (C(OH)–C–C–N with tert-alkyl or cyclic N) is 1. The third-order valence-electron chi connectivity index (χ3n) is 5.33. The molecule has 4 N–H and O–H groups in total. The van der Waals surface area contributed by atoms with Gasteiger partial charge in [0.2, 0.25) is 5.91 Å². The monoisotopic (exact) mass is 411 g/mol. The standard InChI is InChI=1S/C23H23F2N3O2/c24-17-7-3-14(4-8-17)19-12-16(21(28-19)15-5-9-18(25)10-6-15)2-1-11-26-22-20(29)13-27-23(22)30/h3-10,12,20,22,26,28-29H,1-2,11,13H2,(H,27,30)/t20-,22+/m0/s1. The third-order valence-corrected chi connectivity index (χ3v) is 5.33. The molecule has 0 bridgehead atoms. The molecule has 1 amide bonds. The molecule has 0 aliphatic carbocycles. The smallest absolute Gasteiger partial charge is 0.239 e. The van der Waals surface area contributed by atoms with Crippen LogP contribution in [0.5, 0.6) is 0 Å². The van der Waals surface area contributed by atoms with E-state index in [2.05, 4.69) is 15.6 Å². The van der Waals surface area contributed by atoms with Crippen molar-refractivity contribution in [1.82, 2.24) is 15.6 Å². The van der Waals surface area contributed by atoms with Gasteiger partial charge in [0, 0.05) is 17.9 Å². The van der Waals surface area contributed by atoms with Gasteiger partial charge in [-0.1, -0.05) is 0 Å². The zero-order valence-corrected chi connectivity index (χ0v) is 16.3. The molecule has 2 heterocycles. The Morgan fingerprint density at radius 1 is 1.00 bits per heavy atom. The Kier molecular flexibility index (Phi) is 5.92. The molecule has 156 valence electrons. The minimum atomic E-state index is -0.718. The molecular formula is C23H23F2N3O2. The van der Waals surface area contributed by atoms with E-state index in [4.69, 9.17) is 0 Å². The molecule has 2 aromatic carbocycles. The van der Waals surface area contributed by atoms with E-state index in [-0.39, 0.29) is 24.1 Å². The highest BCUT2D eigenvalue weighted by Crippen LogP contribution is 2.30. The van der Waals surface area contributed by atoms with E-state index in [1.807, 2.05) is 6.07 Å². The van der Waals surface area contributed by atoms with Gasteiger partial charge in [0.15, 0.2) is 0 Å². The number of aromatic nitrogens is 1. The number of aliphatic hydroxyl groups excluding tert-OH is 1. The fraction of sp³-hybridized carbons (Fsp3) is 0.261.